The molecule has 4 aromatic rings. The van der Waals surface area contributed by atoms with Crippen molar-refractivity contribution < 1.29 is 0 Å². The molecule has 0 N–H and O–H groups in total. The Morgan fingerprint density at radius 1 is 0.793 bits per heavy atom. The van der Waals surface area contributed by atoms with Crippen LogP contribution in [0.3, 0.4) is 0 Å². The maximum absolute atomic E-state index is 9.89. The Morgan fingerprint density at radius 2 is 1.52 bits per heavy atom. The molecule has 0 saturated carbocycles. The van der Waals surface area contributed by atoms with E-state index in [1.54, 1.807) is 0 Å². The molecule has 0 unspecified atom stereocenters. The van der Waals surface area contributed by atoms with Gasteiger partial charge in [-0.25, -0.2) is 0 Å². The van der Waals surface area contributed by atoms with Crippen molar-refractivity contribution in [2.75, 3.05) is 18.0 Å². The molecular formula is C27H22N2. The van der Waals surface area contributed by atoms with Crippen LogP contribution < -0.4 is 4.90 Å². The minimum atomic E-state index is 0.690. The van der Waals surface area contributed by atoms with E-state index in [9.17, 15) is 5.26 Å². The Hall–Kier alpha value is -3.57. The van der Waals surface area contributed by atoms with Crippen LogP contribution in [0.25, 0.3) is 33.2 Å². The quantitative estimate of drug-likeness (QED) is 0.296. The Kier molecular flexibility index (Phi) is 4.50. The van der Waals surface area contributed by atoms with Gasteiger partial charge in [-0.2, -0.15) is 5.26 Å². The summed E-state index contributed by atoms with van der Waals surface area (Å²) < 4.78 is 0. The molecule has 5 rings (SSSR count). The first-order valence-corrected chi connectivity index (χ1v) is 10.2. The zero-order chi connectivity index (χ0) is 19.6. The number of allylic oxidation sites excluding steroid dienone is 1. The van der Waals surface area contributed by atoms with Gasteiger partial charge in [-0.15, -0.1) is 0 Å². The van der Waals surface area contributed by atoms with E-state index in [0.29, 0.717) is 5.57 Å². The van der Waals surface area contributed by atoms with Crippen molar-refractivity contribution in [3.63, 3.8) is 0 Å². The molecule has 1 saturated heterocycles. The maximum Gasteiger partial charge on any atom is 0.0998 e. The molecule has 1 aliphatic heterocycles. The lowest BCUT2D eigenvalue weighted by Gasteiger charge is -2.20. The highest BCUT2D eigenvalue weighted by molar-refractivity contribution is 6.04. The van der Waals surface area contributed by atoms with Crippen molar-refractivity contribution >= 4 is 38.9 Å². The number of fused-ring (bicyclic) bond motifs is 2. The highest BCUT2D eigenvalue weighted by Crippen LogP contribution is 2.33. The van der Waals surface area contributed by atoms with Gasteiger partial charge in [-0.05, 0) is 58.3 Å². The fourth-order valence-corrected chi connectivity index (χ4v) is 4.36. The number of nitriles is 1. The van der Waals surface area contributed by atoms with Gasteiger partial charge in [-0.1, -0.05) is 66.7 Å². The van der Waals surface area contributed by atoms with Gasteiger partial charge in [0.1, 0.15) is 0 Å². The largest absolute Gasteiger partial charge is 0.371 e. The predicted octanol–water partition coefficient (Wildman–Crippen LogP) is 6.66. The summed E-state index contributed by atoms with van der Waals surface area (Å²) in [5, 5.41) is 14.7. The highest BCUT2D eigenvalue weighted by Gasteiger charge is 2.16. The van der Waals surface area contributed by atoms with E-state index in [1.165, 1.54) is 34.7 Å². The number of nitrogens with zero attached hydrogens (tertiary/aromatic N) is 2. The summed E-state index contributed by atoms with van der Waals surface area (Å²) in [5.41, 5.74) is 4.04. The van der Waals surface area contributed by atoms with Crippen LogP contribution >= 0.6 is 0 Å². The molecule has 0 aromatic heterocycles. The van der Waals surface area contributed by atoms with Gasteiger partial charge in [0.2, 0.25) is 0 Å². The summed E-state index contributed by atoms with van der Waals surface area (Å²) in [6.45, 7) is 2.25. The number of anilines is 1. The normalized spacial score (nSPS) is 14.4. The zero-order valence-electron chi connectivity index (χ0n) is 16.3. The maximum atomic E-state index is 9.89. The summed E-state index contributed by atoms with van der Waals surface area (Å²) in [4.78, 5) is 2.48. The van der Waals surface area contributed by atoms with E-state index in [-0.39, 0.29) is 0 Å². The summed E-state index contributed by atoms with van der Waals surface area (Å²) in [5.74, 6) is 0. The third-order valence-corrected chi connectivity index (χ3v) is 5.86. The molecule has 0 spiro atoms. The SMILES string of the molecule is N#CC(=Cc1ccc(N2CCCC2)c2ccccc12)c1ccc2ccccc2c1. The molecule has 0 radical (unpaired) electrons. The fourth-order valence-electron chi connectivity index (χ4n) is 4.36. The second-order valence-electron chi connectivity index (χ2n) is 7.65. The van der Waals surface area contributed by atoms with Gasteiger partial charge < -0.3 is 4.90 Å². The van der Waals surface area contributed by atoms with Gasteiger partial charge in [0.25, 0.3) is 0 Å². The van der Waals surface area contributed by atoms with Crippen molar-refractivity contribution in [3.8, 4) is 6.07 Å². The Balaban J connectivity index is 1.63. The van der Waals surface area contributed by atoms with Crippen LogP contribution in [-0.4, -0.2) is 13.1 Å². The van der Waals surface area contributed by atoms with E-state index in [1.807, 2.05) is 24.3 Å². The van der Waals surface area contributed by atoms with Crippen LogP contribution in [0.1, 0.15) is 24.0 Å². The summed E-state index contributed by atoms with van der Waals surface area (Å²) in [6.07, 6.45) is 4.55. The Labute approximate surface area is 171 Å². The fraction of sp³-hybridized carbons (Fsp3) is 0.148. The zero-order valence-corrected chi connectivity index (χ0v) is 16.3. The van der Waals surface area contributed by atoms with Crippen molar-refractivity contribution in [1.29, 1.82) is 5.26 Å². The number of benzene rings is 4. The van der Waals surface area contributed by atoms with E-state index < -0.39 is 0 Å². The first-order chi connectivity index (χ1) is 14.3. The van der Waals surface area contributed by atoms with Crippen molar-refractivity contribution in [1.82, 2.24) is 0 Å². The first-order valence-electron chi connectivity index (χ1n) is 10.2. The third kappa shape index (κ3) is 3.26. The average molecular weight is 374 g/mol. The van der Waals surface area contributed by atoms with Crippen molar-refractivity contribution in [2.45, 2.75) is 12.8 Å². The second-order valence-corrected chi connectivity index (χ2v) is 7.65. The topological polar surface area (TPSA) is 27.0 Å². The third-order valence-electron chi connectivity index (χ3n) is 5.86. The van der Waals surface area contributed by atoms with Gasteiger partial charge in [0.05, 0.1) is 11.6 Å². The lowest BCUT2D eigenvalue weighted by atomic mass is 9.97. The van der Waals surface area contributed by atoms with E-state index in [0.717, 1.165) is 29.6 Å². The molecule has 1 fully saturated rings. The molecule has 140 valence electrons. The first kappa shape index (κ1) is 17.5. The van der Waals surface area contributed by atoms with Gasteiger partial charge in [0.15, 0.2) is 0 Å². The van der Waals surface area contributed by atoms with Gasteiger partial charge >= 0.3 is 0 Å². The predicted molar refractivity (Wildman–Crippen MR) is 123 cm³/mol. The van der Waals surface area contributed by atoms with Crippen LogP contribution in [0.2, 0.25) is 0 Å². The lowest BCUT2D eigenvalue weighted by molar-refractivity contribution is 0.949. The molecule has 2 nitrogen and oxygen atoms in total. The van der Waals surface area contributed by atoms with Crippen molar-refractivity contribution in [3.05, 3.63) is 90.0 Å². The molecule has 0 amide bonds. The molecule has 4 aromatic carbocycles. The van der Waals surface area contributed by atoms with Crippen LogP contribution in [0.4, 0.5) is 5.69 Å². The molecule has 0 aliphatic carbocycles. The molecule has 1 heterocycles. The van der Waals surface area contributed by atoms with E-state index in [4.69, 9.17) is 0 Å². The van der Waals surface area contributed by atoms with Crippen LogP contribution in [-0.2, 0) is 0 Å². The smallest absolute Gasteiger partial charge is 0.0998 e. The minimum absolute atomic E-state index is 0.690. The molecule has 1 aliphatic rings. The summed E-state index contributed by atoms with van der Waals surface area (Å²) in [7, 11) is 0. The monoisotopic (exact) mass is 374 g/mol. The van der Waals surface area contributed by atoms with E-state index >= 15 is 0 Å². The summed E-state index contributed by atoms with van der Waals surface area (Å²) in [6, 6.07) is 29.8. The number of hydrogen-bond acceptors (Lipinski definition) is 2. The van der Waals surface area contributed by atoms with Crippen molar-refractivity contribution in [2.24, 2.45) is 0 Å². The molecular weight excluding hydrogens is 352 g/mol. The molecule has 0 bridgehead atoms. The second kappa shape index (κ2) is 7.45. The van der Waals surface area contributed by atoms with Gasteiger partial charge in [-0.3, -0.25) is 0 Å². The Morgan fingerprint density at radius 3 is 2.31 bits per heavy atom. The highest BCUT2D eigenvalue weighted by atomic mass is 15.1. The molecule has 0 atom stereocenters. The molecule has 2 heteroatoms. The van der Waals surface area contributed by atoms with Crippen LogP contribution in [0, 0.1) is 11.3 Å². The average Bonchev–Trinajstić information content (AvgIpc) is 3.32. The number of hydrogen-bond donors (Lipinski definition) is 0. The summed E-state index contributed by atoms with van der Waals surface area (Å²) >= 11 is 0. The molecule has 29 heavy (non-hydrogen) atoms. The lowest BCUT2D eigenvalue weighted by Crippen LogP contribution is -2.17. The minimum Gasteiger partial charge on any atom is -0.371 e. The van der Waals surface area contributed by atoms with Crippen LogP contribution in [0.15, 0.2) is 78.9 Å². The Bertz CT molecular complexity index is 1270. The van der Waals surface area contributed by atoms with Gasteiger partial charge in [0, 0.05) is 24.2 Å². The number of rotatable bonds is 3. The van der Waals surface area contributed by atoms with E-state index in [2.05, 4.69) is 71.6 Å². The van der Waals surface area contributed by atoms with Crippen LogP contribution in [0.5, 0.6) is 0 Å². The standard InChI is InChI=1S/C27H22N2/c28-19-24(22-12-11-20-7-1-2-8-21(20)17-22)18-23-13-14-27(29-15-5-6-16-29)26-10-4-3-9-25(23)26/h1-4,7-14,17-18H,5-6,15-16H2.